The fourth-order valence-corrected chi connectivity index (χ4v) is 9.65. The Hall–Kier alpha value is -2.55. The van der Waals surface area contributed by atoms with Crippen LogP contribution in [0.25, 0.3) is 0 Å². The number of allylic oxidation sites excluding steroid dienone is 11. The van der Waals surface area contributed by atoms with Crippen molar-refractivity contribution >= 4 is 19.7 Å². The molecule has 76 heavy (non-hydrogen) atoms. The van der Waals surface area contributed by atoms with Gasteiger partial charge in [0.25, 0.3) is 0 Å². The predicted octanol–water partition coefficient (Wildman–Crippen LogP) is 19.6. The third kappa shape index (κ3) is 56.2. The molecule has 0 saturated heterocycles. The van der Waals surface area contributed by atoms with E-state index < -0.39 is 20.0 Å². The average Bonchev–Trinajstić information content (AvgIpc) is 3.38. The van der Waals surface area contributed by atoms with E-state index in [0.717, 1.165) is 103 Å². The van der Waals surface area contributed by atoms with Crippen LogP contribution in [0, 0.1) is 0 Å². The van der Waals surface area contributed by atoms with Gasteiger partial charge in [-0.05, 0) is 102 Å². The maximum atomic E-state index is 13.5. The van der Waals surface area contributed by atoms with E-state index in [2.05, 4.69) is 86.8 Å². The maximum absolute atomic E-state index is 13.5. The molecule has 1 amide bonds. The molecule has 0 radical (unpaired) electrons. The number of carbonyl (C=O) groups is 2. The number of quaternary nitrogens is 1. The summed E-state index contributed by atoms with van der Waals surface area (Å²) in [6, 6.07) is -0.857. The number of rotatable bonds is 57. The first-order valence-electron chi connectivity index (χ1n) is 31.8. The van der Waals surface area contributed by atoms with E-state index in [9.17, 15) is 19.0 Å². The number of esters is 1. The minimum Gasteiger partial charge on any atom is -0.456 e. The van der Waals surface area contributed by atoms with Crippen LogP contribution < -0.4 is 5.32 Å². The number of unbranched alkanes of at least 4 members (excludes halogenated alkanes) is 31. The number of amides is 1. The molecule has 3 atom stereocenters. The van der Waals surface area contributed by atoms with E-state index in [1.165, 1.54) is 148 Å². The largest absolute Gasteiger partial charge is 0.472 e. The van der Waals surface area contributed by atoms with Crippen LogP contribution in [0.2, 0.25) is 0 Å². The standard InChI is InChI=1S/C66H121N2O7P/c1-7-10-13-16-19-22-25-28-30-31-32-33-34-35-36-37-39-41-44-47-50-53-56-59-66(70)75-64(57-54-51-48-45-42-27-24-21-18-15-12-9-3)63(62-74-76(71,72)73-61-60-68(4,5)6)67-65(69)58-55-52-49-46-43-40-38-29-26-23-20-17-14-11-8-2/h19,22-23,26,28,30,32-33,35-36,54,57,63-64H,7-18,20-21,24-25,27,29,31,34,37-53,55-56,58-62H2,1-6H3,(H-,67,69,71,72)/p+1/b22-19-,26-23-,30-28-,33-32-,36-35-,57-54-. The Labute approximate surface area is 470 Å². The van der Waals surface area contributed by atoms with Gasteiger partial charge in [-0.2, -0.15) is 0 Å². The number of phosphoric ester groups is 1. The first kappa shape index (κ1) is 73.5. The Morgan fingerprint density at radius 3 is 1.25 bits per heavy atom. The van der Waals surface area contributed by atoms with Crippen molar-refractivity contribution in [2.75, 3.05) is 40.9 Å². The first-order chi connectivity index (χ1) is 36.9. The van der Waals surface area contributed by atoms with Gasteiger partial charge in [0.1, 0.15) is 19.3 Å². The highest BCUT2D eigenvalue weighted by Gasteiger charge is 2.30. The molecule has 2 N–H and O–H groups in total. The molecule has 0 bridgehead atoms. The molecule has 0 heterocycles. The minimum absolute atomic E-state index is 0.0356. The van der Waals surface area contributed by atoms with Gasteiger partial charge in [-0.15, -0.1) is 0 Å². The van der Waals surface area contributed by atoms with Crippen molar-refractivity contribution in [3.05, 3.63) is 72.9 Å². The van der Waals surface area contributed by atoms with Gasteiger partial charge in [-0.3, -0.25) is 18.6 Å². The second-order valence-corrected chi connectivity index (χ2v) is 24.0. The Balaban J connectivity index is 5.23. The molecule has 0 saturated carbocycles. The fourth-order valence-electron chi connectivity index (χ4n) is 8.92. The van der Waals surface area contributed by atoms with Crippen molar-refractivity contribution in [3.63, 3.8) is 0 Å². The summed E-state index contributed by atoms with van der Waals surface area (Å²) in [4.78, 5) is 37.7. The number of nitrogens with zero attached hydrogens (tertiary/aromatic N) is 1. The normalized spacial score (nSPS) is 14.1. The Morgan fingerprint density at radius 1 is 0.461 bits per heavy atom. The predicted molar refractivity (Wildman–Crippen MR) is 328 cm³/mol. The van der Waals surface area contributed by atoms with E-state index in [1.807, 2.05) is 33.3 Å². The van der Waals surface area contributed by atoms with Gasteiger partial charge >= 0.3 is 13.8 Å². The molecule has 0 aliphatic heterocycles. The molecule has 0 rings (SSSR count). The lowest BCUT2D eigenvalue weighted by atomic mass is 10.0. The maximum Gasteiger partial charge on any atom is 0.472 e. The van der Waals surface area contributed by atoms with Crippen LogP contribution in [0.3, 0.4) is 0 Å². The van der Waals surface area contributed by atoms with Crippen LogP contribution in [0.1, 0.15) is 284 Å². The number of likely N-dealkylation sites (N-methyl/N-ethyl adjacent to an activating group) is 1. The summed E-state index contributed by atoms with van der Waals surface area (Å²) in [6.07, 6.45) is 71.8. The Kier molecular flexibility index (Phi) is 53.9. The number of carbonyl (C=O) groups excluding carboxylic acids is 2. The summed E-state index contributed by atoms with van der Waals surface area (Å²) in [7, 11) is 1.48. The van der Waals surface area contributed by atoms with Crippen LogP contribution in [-0.4, -0.2) is 74.3 Å². The number of phosphoric acid groups is 1. The van der Waals surface area contributed by atoms with Gasteiger partial charge in [0.2, 0.25) is 5.91 Å². The van der Waals surface area contributed by atoms with Gasteiger partial charge in [-0.25, -0.2) is 4.57 Å². The molecule has 0 aliphatic rings. The molecule has 0 aromatic rings. The monoisotopic (exact) mass is 1090 g/mol. The van der Waals surface area contributed by atoms with E-state index in [1.54, 1.807) is 0 Å². The highest BCUT2D eigenvalue weighted by Crippen LogP contribution is 2.43. The summed E-state index contributed by atoms with van der Waals surface area (Å²) < 4.78 is 30.7. The summed E-state index contributed by atoms with van der Waals surface area (Å²) in [5, 5.41) is 3.05. The lowest BCUT2D eigenvalue weighted by molar-refractivity contribution is -0.870. The molecule has 0 aromatic carbocycles. The van der Waals surface area contributed by atoms with Crippen LogP contribution in [-0.2, 0) is 27.9 Å². The molecule has 10 heteroatoms. The zero-order valence-electron chi connectivity index (χ0n) is 50.5. The van der Waals surface area contributed by atoms with Gasteiger partial charge in [-0.1, -0.05) is 242 Å². The molecule has 0 fully saturated rings. The fraction of sp³-hybridized carbons (Fsp3) is 0.788. The molecule has 0 aliphatic carbocycles. The summed E-state index contributed by atoms with van der Waals surface area (Å²) in [6.45, 7) is 6.97. The Bertz CT molecular complexity index is 1530. The van der Waals surface area contributed by atoms with Crippen molar-refractivity contribution in [2.24, 2.45) is 0 Å². The van der Waals surface area contributed by atoms with E-state index in [4.69, 9.17) is 13.8 Å². The van der Waals surface area contributed by atoms with Crippen molar-refractivity contribution in [3.8, 4) is 0 Å². The van der Waals surface area contributed by atoms with E-state index >= 15 is 0 Å². The van der Waals surface area contributed by atoms with Gasteiger partial charge in [0.05, 0.1) is 33.8 Å². The van der Waals surface area contributed by atoms with Crippen molar-refractivity contribution in [1.29, 1.82) is 0 Å². The number of hydrogen-bond donors (Lipinski definition) is 2. The zero-order valence-corrected chi connectivity index (χ0v) is 51.4. The number of ether oxygens (including phenoxy) is 1. The van der Waals surface area contributed by atoms with E-state index in [0.29, 0.717) is 17.4 Å². The second-order valence-electron chi connectivity index (χ2n) is 22.6. The molecular formula is C66H122N2O7P+. The highest BCUT2D eigenvalue weighted by atomic mass is 31.2. The van der Waals surface area contributed by atoms with Crippen molar-refractivity contribution in [2.45, 2.75) is 296 Å². The van der Waals surface area contributed by atoms with Crippen LogP contribution in [0.5, 0.6) is 0 Å². The third-order valence-corrected chi connectivity index (χ3v) is 14.9. The van der Waals surface area contributed by atoms with Crippen LogP contribution >= 0.6 is 7.82 Å². The second kappa shape index (κ2) is 55.8. The Morgan fingerprint density at radius 2 is 0.803 bits per heavy atom. The lowest BCUT2D eigenvalue weighted by Gasteiger charge is -2.27. The number of hydrogen-bond acceptors (Lipinski definition) is 6. The molecule has 9 nitrogen and oxygen atoms in total. The average molecular weight is 1090 g/mol. The summed E-state index contributed by atoms with van der Waals surface area (Å²) >= 11 is 0. The quantitative estimate of drug-likeness (QED) is 0.0205. The SMILES string of the molecule is CCCCC/C=C\C/C=C\C/C=C\C/C=C\CCCCCCCCCC(=O)OC(/C=C\CCCCCCCCCCCC)C(COP(=O)(O)OCC[N+](C)(C)C)NC(=O)CCCCCCCCC/C=C\CCCCCC. The van der Waals surface area contributed by atoms with Gasteiger partial charge in [0, 0.05) is 12.8 Å². The van der Waals surface area contributed by atoms with Crippen molar-refractivity contribution < 1.29 is 37.3 Å². The first-order valence-corrected chi connectivity index (χ1v) is 33.3. The van der Waals surface area contributed by atoms with Crippen LogP contribution in [0.15, 0.2) is 72.9 Å². The molecular weight excluding hydrogens is 964 g/mol. The molecule has 0 spiro atoms. The van der Waals surface area contributed by atoms with Crippen molar-refractivity contribution in [1.82, 2.24) is 5.32 Å². The van der Waals surface area contributed by atoms with E-state index in [-0.39, 0.29) is 31.5 Å². The molecule has 0 aromatic heterocycles. The molecule has 3 unspecified atom stereocenters. The topological polar surface area (TPSA) is 111 Å². The third-order valence-electron chi connectivity index (χ3n) is 13.9. The minimum atomic E-state index is -4.45. The van der Waals surface area contributed by atoms with Gasteiger partial charge in [0.15, 0.2) is 0 Å². The van der Waals surface area contributed by atoms with Gasteiger partial charge < -0.3 is 19.4 Å². The summed E-state index contributed by atoms with van der Waals surface area (Å²) in [5.41, 5.74) is 0. The zero-order chi connectivity index (χ0) is 55.7. The summed E-state index contributed by atoms with van der Waals surface area (Å²) in [5.74, 6) is -0.520. The highest BCUT2D eigenvalue weighted by molar-refractivity contribution is 7.47. The van der Waals surface area contributed by atoms with Crippen LogP contribution in [0.4, 0.5) is 0 Å². The number of nitrogens with one attached hydrogen (secondary N) is 1. The molecule has 442 valence electrons. The smallest absolute Gasteiger partial charge is 0.456 e. The lowest BCUT2D eigenvalue weighted by Crippen LogP contribution is -2.47.